The topological polar surface area (TPSA) is 76.3 Å². The second kappa shape index (κ2) is 8.35. The first kappa shape index (κ1) is 20.6. The van der Waals surface area contributed by atoms with Crippen LogP contribution < -0.4 is 10.2 Å². The number of anilines is 2. The van der Waals surface area contributed by atoms with Crippen molar-refractivity contribution in [1.29, 1.82) is 0 Å². The summed E-state index contributed by atoms with van der Waals surface area (Å²) in [5, 5.41) is 13.5. The Morgan fingerprint density at radius 1 is 1.22 bits per heavy atom. The molecule has 1 saturated heterocycles. The lowest BCUT2D eigenvalue weighted by Crippen LogP contribution is -2.36. The van der Waals surface area contributed by atoms with Crippen molar-refractivity contribution in [3.05, 3.63) is 53.8 Å². The summed E-state index contributed by atoms with van der Waals surface area (Å²) < 4.78 is 25.0. The zero-order chi connectivity index (χ0) is 22.2. The molecule has 166 valence electrons. The molecule has 1 N–H and O–H groups in total. The van der Waals surface area contributed by atoms with E-state index in [1.165, 1.54) is 0 Å². The second-order valence-electron chi connectivity index (χ2n) is 8.32. The number of aromatic nitrogens is 3. The average molecular weight is 436 g/mol. The molecule has 1 aliphatic heterocycles. The Labute approximate surface area is 185 Å². The summed E-state index contributed by atoms with van der Waals surface area (Å²) in [5.74, 6) is 0.281. The first-order chi connectivity index (χ1) is 15.5. The molecule has 1 aliphatic rings. The number of nitrogens with one attached hydrogen (secondary N) is 1. The molecule has 0 unspecified atom stereocenters. The predicted octanol–water partition coefficient (Wildman–Crippen LogP) is 5.01. The van der Waals surface area contributed by atoms with Crippen LogP contribution in [0.1, 0.15) is 37.1 Å². The van der Waals surface area contributed by atoms with Gasteiger partial charge in [0.25, 0.3) is 0 Å². The number of aryl methyl sites for hydroxylation is 1. The first-order valence-corrected chi connectivity index (χ1v) is 10.9. The zero-order valence-corrected chi connectivity index (χ0v) is 18.4. The van der Waals surface area contributed by atoms with Crippen molar-refractivity contribution in [2.24, 2.45) is 0 Å². The molecule has 3 aromatic heterocycles. The van der Waals surface area contributed by atoms with Crippen LogP contribution in [-0.2, 0) is 4.74 Å². The van der Waals surface area contributed by atoms with E-state index in [4.69, 9.17) is 14.1 Å². The molecular weight excluding hydrogens is 409 g/mol. The Hall–Kier alpha value is -3.26. The van der Waals surface area contributed by atoms with Crippen LogP contribution in [0.3, 0.4) is 0 Å². The second-order valence-corrected chi connectivity index (χ2v) is 8.32. The molecule has 0 bridgehead atoms. The van der Waals surface area contributed by atoms with Gasteiger partial charge in [-0.05, 0) is 38.8 Å². The highest BCUT2D eigenvalue weighted by Crippen LogP contribution is 2.32. The number of hydrogen-bond acceptors (Lipinski definition) is 7. The summed E-state index contributed by atoms with van der Waals surface area (Å²) in [6.45, 7) is 5.75. The Kier molecular flexibility index (Phi) is 5.38. The maximum atomic E-state index is 14.0. The van der Waals surface area contributed by atoms with Crippen LogP contribution in [0.2, 0.25) is 0 Å². The molecule has 0 radical (unpaired) electrons. The number of para-hydroxylation sites is 1. The molecular formula is C24H26FN5O2. The number of methoxy groups -OCH3 is 1. The van der Waals surface area contributed by atoms with Crippen molar-refractivity contribution in [1.82, 2.24) is 15.2 Å². The Morgan fingerprint density at radius 2 is 2.03 bits per heavy atom. The van der Waals surface area contributed by atoms with E-state index in [0.717, 1.165) is 60.0 Å². The van der Waals surface area contributed by atoms with Gasteiger partial charge in [-0.1, -0.05) is 12.1 Å². The summed E-state index contributed by atoms with van der Waals surface area (Å²) in [6, 6.07) is 7.42. The minimum atomic E-state index is -0.360. The number of rotatable bonds is 5. The molecule has 1 atom stereocenters. The fourth-order valence-corrected chi connectivity index (χ4v) is 4.45. The van der Waals surface area contributed by atoms with Crippen LogP contribution in [0.4, 0.5) is 15.9 Å². The van der Waals surface area contributed by atoms with Crippen molar-refractivity contribution in [3.63, 3.8) is 0 Å². The van der Waals surface area contributed by atoms with Crippen molar-refractivity contribution in [3.8, 4) is 0 Å². The highest BCUT2D eigenvalue weighted by atomic mass is 19.1. The zero-order valence-electron chi connectivity index (χ0n) is 18.4. The lowest BCUT2D eigenvalue weighted by Gasteiger charge is -2.32. The summed E-state index contributed by atoms with van der Waals surface area (Å²) in [5.41, 5.74) is 4.04. The highest BCUT2D eigenvalue weighted by molar-refractivity contribution is 5.92. The van der Waals surface area contributed by atoms with E-state index in [9.17, 15) is 4.39 Å². The van der Waals surface area contributed by atoms with E-state index in [1.807, 2.05) is 32.2 Å². The number of ether oxygens (including phenoxy) is 1. The van der Waals surface area contributed by atoms with E-state index in [0.29, 0.717) is 22.9 Å². The Bertz CT molecular complexity index is 1270. The third-order valence-electron chi connectivity index (χ3n) is 6.31. The van der Waals surface area contributed by atoms with Crippen molar-refractivity contribution < 1.29 is 13.5 Å². The Balaban J connectivity index is 1.48. The van der Waals surface area contributed by atoms with Gasteiger partial charge in [0.1, 0.15) is 11.8 Å². The fraction of sp³-hybridized carbons (Fsp3) is 0.375. The van der Waals surface area contributed by atoms with Gasteiger partial charge in [0, 0.05) is 31.1 Å². The third-order valence-corrected chi connectivity index (χ3v) is 6.31. The van der Waals surface area contributed by atoms with Crippen LogP contribution in [0, 0.1) is 12.7 Å². The van der Waals surface area contributed by atoms with Gasteiger partial charge in [-0.3, -0.25) is 4.98 Å². The number of benzene rings is 1. The molecule has 0 spiro atoms. The lowest BCUT2D eigenvalue weighted by molar-refractivity contribution is 0.0819. The number of piperidine rings is 1. The minimum absolute atomic E-state index is 0.175. The fourth-order valence-electron chi connectivity index (χ4n) is 4.45. The summed E-state index contributed by atoms with van der Waals surface area (Å²) in [4.78, 5) is 7.04. The number of nitrogens with zero attached hydrogens (tertiary/aromatic N) is 4. The van der Waals surface area contributed by atoms with Gasteiger partial charge in [0.05, 0.1) is 40.6 Å². The molecule has 1 fully saturated rings. The molecule has 8 heteroatoms. The molecule has 5 rings (SSSR count). The van der Waals surface area contributed by atoms with Crippen LogP contribution >= 0.6 is 0 Å². The SMILES string of the molecule is COC1CCN(c2cnc3c(C)nnc(N[C@H](C)c4cccc5c(F)coc45)c3c2)CC1. The largest absolute Gasteiger partial charge is 0.461 e. The predicted molar refractivity (Wildman–Crippen MR) is 123 cm³/mol. The number of furan rings is 1. The Morgan fingerprint density at radius 3 is 2.81 bits per heavy atom. The maximum absolute atomic E-state index is 14.0. The van der Waals surface area contributed by atoms with E-state index in [2.05, 4.69) is 26.5 Å². The standard InChI is InChI=1S/C24H26FN5O2/c1-14(18-5-4-6-19-21(25)13-32-23(18)19)27-24-20-11-16(12-26-22(20)15(2)28-29-24)30-9-7-17(31-3)8-10-30/h4-6,11-14,17H,7-10H2,1-3H3,(H,27,29)/t14-/m1/s1. The number of fused-ring (bicyclic) bond motifs is 2. The summed E-state index contributed by atoms with van der Waals surface area (Å²) >= 11 is 0. The molecule has 1 aromatic carbocycles. The van der Waals surface area contributed by atoms with Crippen LogP contribution in [-0.4, -0.2) is 41.5 Å². The van der Waals surface area contributed by atoms with Crippen molar-refractivity contribution >= 4 is 33.4 Å². The van der Waals surface area contributed by atoms with Gasteiger partial charge in [-0.25, -0.2) is 4.39 Å². The quantitative estimate of drug-likeness (QED) is 0.472. The molecule has 0 aliphatic carbocycles. The normalized spacial score (nSPS) is 16.1. The minimum Gasteiger partial charge on any atom is -0.461 e. The number of halogens is 1. The van der Waals surface area contributed by atoms with Crippen LogP contribution in [0.5, 0.6) is 0 Å². The van der Waals surface area contributed by atoms with Gasteiger partial charge in [0.15, 0.2) is 11.6 Å². The van der Waals surface area contributed by atoms with Crippen molar-refractivity contribution in [2.45, 2.75) is 38.8 Å². The maximum Gasteiger partial charge on any atom is 0.169 e. The molecule has 0 saturated carbocycles. The van der Waals surface area contributed by atoms with Gasteiger partial charge >= 0.3 is 0 Å². The molecule has 7 nitrogen and oxygen atoms in total. The van der Waals surface area contributed by atoms with E-state index < -0.39 is 0 Å². The molecule has 0 amide bonds. The lowest BCUT2D eigenvalue weighted by atomic mass is 10.1. The average Bonchev–Trinajstić information content (AvgIpc) is 3.21. The third kappa shape index (κ3) is 3.64. The molecule has 4 aromatic rings. The molecule has 4 heterocycles. The monoisotopic (exact) mass is 435 g/mol. The van der Waals surface area contributed by atoms with Gasteiger partial charge in [-0.15, -0.1) is 5.10 Å². The van der Waals surface area contributed by atoms with E-state index in [1.54, 1.807) is 13.2 Å². The first-order valence-electron chi connectivity index (χ1n) is 10.9. The van der Waals surface area contributed by atoms with Crippen molar-refractivity contribution in [2.75, 3.05) is 30.4 Å². The number of pyridine rings is 1. The van der Waals surface area contributed by atoms with Gasteiger partial charge in [0.2, 0.25) is 0 Å². The van der Waals surface area contributed by atoms with E-state index >= 15 is 0 Å². The van der Waals surface area contributed by atoms with E-state index in [-0.39, 0.29) is 11.9 Å². The van der Waals surface area contributed by atoms with Gasteiger partial charge < -0.3 is 19.4 Å². The number of hydrogen-bond donors (Lipinski definition) is 1. The summed E-state index contributed by atoms with van der Waals surface area (Å²) in [6.07, 6.45) is 5.36. The van der Waals surface area contributed by atoms with Crippen LogP contribution in [0.15, 0.2) is 41.1 Å². The van der Waals surface area contributed by atoms with Crippen LogP contribution in [0.25, 0.3) is 21.9 Å². The molecule has 32 heavy (non-hydrogen) atoms. The smallest absolute Gasteiger partial charge is 0.169 e. The van der Waals surface area contributed by atoms with Gasteiger partial charge in [-0.2, -0.15) is 5.10 Å². The summed E-state index contributed by atoms with van der Waals surface area (Å²) in [7, 11) is 1.77. The highest BCUT2D eigenvalue weighted by Gasteiger charge is 2.21.